The van der Waals surface area contributed by atoms with Crippen LogP contribution in [-0.4, -0.2) is 83.1 Å². The van der Waals surface area contributed by atoms with E-state index in [4.69, 9.17) is 4.74 Å². The molecule has 13 heteroatoms. The summed E-state index contributed by atoms with van der Waals surface area (Å²) in [7, 11) is -3.85. The first-order chi connectivity index (χ1) is 24.0. The highest BCUT2D eigenvalue weighted by molar-refractivity contribution is 7.99. The molecule has 51 heavy (non-hydrogen) atoms. The highest BCUT2D eigenvalue weighted by Gasteiger charge is 2.61. The quantitative estimate of drug-likeness (QED) is 0.387. The minimum absolute atomic E-state index is 0.00436. The molecule has 6 atom stereocenters. The van der Waals surface area contributed by atoms with Crippen LogP contribution in [0.2, 0.25) is 0 Å². The molecule has 0 radical (unpaired) electrons. The molecule has 4 bridgehead atoms. The zero-order valence-electron chi connectivity index (χ0n) is 29.9. The van der Waals surface area contributed by atoms with Crippen LogP contribution in [0.25, 0.3) is 6.08 Å². The molecule has 1 aromatic carbocycles. The van der Waals surface area contributed by atoms with Gasteiger partial charge in [0, 0.05) is 49.1 Å². The molecule has 1 aromatic rings. The van der Waals surface area contributed by atoms with Crippen LogP contribution < -0.4 is 4.72 Å². The summed E-state index contributed by atoms with van der Waals surface area (Å²) in [4.78, 5) is 72.6. The number of ether oxygens (including phenoxy) is 1. The van der Waals surface area contributed by atoms with E-state index in [1.807, 2.05) is 52.0 Å². The van der Waals surface area contributed by atoms with Crippen LogP contribution in [0.1, 0.15) is 82.9 Å². The normalized spacial score (nSPS) is 30.9. The highest BCUT2D eigenvalue weighted by Crippen LogP contribution is 2.57. The maximum absolute atomic E-state index is 14.6. The monoisotopic (exact) mass is 739 g/mol. The van der Waals surface area contributed by atoms with Crippen molar-refractivity contribution in [3.05, 3.63) is 53.6 Å². The molecule has 0 aromatic heterocycles. The second-order valence-electron chi connectivity index (χ2n) is 16.0. The third-order valence-electron chi connectivity index (χ3n) is 11.2. The maximum Gasteiger partial charge on any atom is 0.410 e. The molecule has 3 amide bonds. The minimum atomic E-state index is -3.85. The van der Waals surface area contributed by atoms with Crippen molar-refractivity contribution < 1.29 is 37.1 Å². The van der Waals surface area contributed by atoms with Crippen LogP contribution >= 0.6 is 11.8 Å². The van der Waals surface area contributed by atoms with Crippen molar-refractivity contribution in [3.63, 3.8) is 0 Å². The number of rotatable bonds is 7. The van der Waals surface area contributed by atoms with Crippen molar-refractivity contribution in [2.75, 3.05) is 18.1 Å². The summed E-state index contributed by atoms with van der Waals surface area (Å²) in [6, 6.07) is 4.93. The SMILES string of the molecule is C=C[C@@H]1C[C@]1(CC(=O)[C@@H]1C[C@@H]2CN1C(=O)[C@H](C(C)(C)C)CC(=O)[C@@H](C)CSC/C=C/c1cccc3c1CN(C3)C(=O)O2)C(=O)NS(=O)(=O)C1CC1. The molecular weight excluding hydrogens is 691 g/mol. The molecule has 0 spiro atoms. The number of sulfonamides is 1. The van der Waals surface area contributed by atoms with Crippen LogP contribution in [0.3, 0.4) is 0 Å². The molecule has 2 saturated carbocycles. The fourth-order valence-corrected chi connectivity index (χ4v) is 9.93. The van der Waals surface area contributed by atoms with Gasteiger partial charge in [0.2, 0.25) is 21.8 Å². The van der Waals surface area contributed by atoms with E-state index >= 15 is 0 Å². The minimum Gasteiger partial charge on any atom is -0.444 e. The average Bonchev–Trinajstić information content (AvgIpc) is 3.96. The zero-order chi connectivity index (χ0) is 36.9. The van der Waals surface area contributed by atoms with E-state index in [9.17, 15) is 32.4 Å². The second kappa shape index (κ2) is 14.2. The predicted molar refractivity (Wildman–Crippen MR) is 195 cm³/mol. The number of carbonyl (C=O) groups is 5. The number of ketones is 2. The van der Waals surface area contributed by atoms with Gasteiger partial charge in [0.05, 0.1) is 29.8 Å². The van der Waals surface area contributed by atoms with Gasteiger partial charge in [0.15, 0.2) is 5.78 Å². The Morgan fingerprint density at radius 2 is 1.90 bits per heavy atom. The van der Waals surface area contributed by atoms with Gasteiger partial charge in [-0.2, -0.15) is 11.8 Å². The average molecular weight is 740 g/mol. The molecule has 1 saturated heterocycles. The summed E-state index contributed by atoms with van der Waals surface area (Å²) in [6.07, 6.45) is 5.27. The van der Waals surface area contributed by atoms with E-state index in [0.29, 0.717) is 37.4 Å². The lowest BCUT2D eigenvalue weighted by Gasteiger charge is -2.35. The van der Waals surface area contributed by atoms with Crippen LogP contribution in [0, 0.1) is 28.6 Å². The van der Waals surface area contributed by atoms with Crippen molar-refractivity contribution in [3.8, 4) is 0 Å². The van der Waals surface area contributed by atoms with E-state index in [0.717, 1.165) is 16.7 Å². The summed E-state index contributed by atoms with van der Waals surface area (Å²) in [5.74, 6) is -1.72. The molecule has 2 aliphatic carbocycles. The number of allylic oxidation sites excluding steroid dienone is 1. The van der Waals surface area contributed by atoms with Crippen molar-refractivity contribution in [1.29, 1.82) is 0 Å². The number of hydrogen-bond acceptors (Lipinski definition) is 9. The van der Waals surface area contributed by atoms with E-state index in [1.165, 1.54) is 4.90 Å². The molecule has 3 fully saturated rings. The number of benzene rings is 1. The molecule has 1 N–H and O–H groups in total. The number of amides is 3. The Morgan fingerprint density at radius 1 is 1.16 bits per heavy atom. The van der Waals surface area contributed by atoms with E-state index < -0.39 is 67.9 Å². The summed E-state index contributed by atoms with van der Waals surface area (Å²) in [5.41, 5.74) is 1.14. The van der Waals surface area contributed by atoms with Gasteiger partial charge >= 0.3 is 6.09 Å². The molecule has 6 rings (SSSR count). The van der Waals surface area contributed by atoms with E-state index in [1.54, 1.807) is 22.7 Å². The number of thioether (sulfide) groups is 1. The topological polar surface area (TPSA) is 147 Å². The van der Waals surface area contributed by atoms with Gasteiger partial charge in [-0.25, -0.2) is 13.2 Å². The van der Waals surface area contributed by atoms with Crippen LogP contribution in [0.5, 0.6) is 0 Å². The highest BCUT2D eigenvalue weighted by atomic mass is 32.2. The number of Topliss-reactive ketones (excluding diaryl/α,β-unsaturated/α-hetero) is 2. The van der Waals surface area contributed by atoms with Crippen LogP contribution in [0.4, 0.5) is 4.79 Å². The Hall–Kier alpha value is -3.45. The fraction of sp³-hybridized carbons (Fsp3) is 0.605. The Labute approximate surface area is 305 Å². The number of fused-ring (bicyclic) bond motifs is 3. The number of hydrogen-bond donors (Lipinski definition) is 1. The van der Waals surface area contributed by atoms with Crippen molar-refractivity contribution in [2.24, 2.45) is 28.6 Å². The lowest BCUT2D eigenvalue weighted by molar-refractivity contribution is -0.146. The van der Waals surface area contributed by atoms with E-state index in [2.05, 4.69) is 17.4 Å². The van der Waals surface area contributed by atoms with Crippen molar-refractivity contribution >= 4 is 57.3 Å². The van der Waals surface area contributed by atoms with Crippen LogP contribution in [0.15, 0.2) is 36.9 Å². The molecule has 3 aliphatic heterocycles. The third-order valence-corrected chi connectivity index (χ3v) is 14.2. The Balaban J connectivity index is 1.29. The van der Waals surface area contributed by atoms with Gasteiger partial charge in [-0.05, 0) is 47.3 Å². The number of carbonyl (C=O) groups excluding carboxylic acids is 5. The lowest BCUT2D eigenvalue weighted by Crippen LogP contribution is -2.49. The molecule has 276 valence electrons. The van der Waals surface area contributed by atoms with E-state index in [-0.39, 0.29) is 49.8 Å². The predicted octanol–water partition coefficient (Wildman–Crippen LogP) is 4.89. The smallest absolute Gasteiger partial charge is 0.410 e. The molecular formula is C38H49N3O8S2. The molecule has 3 heterocycles. The van der Waals surface area contributed by atoms with Crippen LogP contribution in [-0.2, 0) is 47.0 Å². The molecule has 11 nitrogen and oxygen atoms in total. The first kappa shape index (κ1) is 37.3. The number of nitrogens with zero attached hydrogens (tertiary/aromatic N) is 2. The molecule has 0 unspecified atom stereocenters. The van der Waals surface area contributed by atoms with Gasteiger partial charge in [0.25, 0.3) is 0 Å². The summed E-state index contributed by atoms with van der Waals surface area (Å²) < 4.78 is 33.6. The summed E-state index contributed by atoms with van der Waals surface area (Å²) in [5, 5.41) is -0.610. The Morgan fingerprint density at radius 3 is 2.57 bits per heavy atom. The standard InChI is InChI=1S/C38H49N3O8S2/c1-6-26-17-38(26,35(45)39-51(47,48)28-12-13-28)18-33(43)31-15-27-20-41(31)34(44)30(37(3,4)5)16-32(42)23(2)22-50-14-8-11-24-9-7-10-25-19-40(21-29(24)25)36(46)49-27/h6-11,23,26-28,30-31H,1,12-22H2,2-5H3,(H,39,45)/b11-8+/t23-,26+,27+,30+,31-,38+/m0/s1. The van der Waals surface area contributed by atoms with Gasteiger partial charge in [0.1, 0.15) is 11.9 Å². The van der Waals surface area contributed by atoms with Crippen molar-refractivity contribution in [2.45, 2.75) is 96.7 Å². The Bertz CT molecular complexity index is 1760. The summed E-state index contributed by atoms with van der Waals surface area (Å²) in [6.45, 7) is 12.1. The third kappa shape index (κ3) is 7.84. The first-order valence-electron chi connectivity index (χ1n) is 17.9. The first-order valence-corrected chi connectivity index (χ1v) is 20.6. The van der Waals surface area contributed by atoms with Crippen molar-refractivity contribution in [1.82, 2.24) is 14.5 Å². The number of nitrogens with one attached hydrogen (secondary N) is 1. The molecule has 5 aliphatic rings. The lowest BCUT2D eigenvalue weighted by atomic mass is 9.75. The Kier molecular flexibility index (Phi) is 10.4. The van der Waals surface area contributed by atoms with Gasteiger partial charge in [-0.1, -0.05) is 64.1 Å². The fourth-order valence-electron chi connectivity index (χ4n) is 7.64. The zero-order valence-corrected chi connectivity index (χ0v) is 31.5. The maximum atomic E-state index is 14.6. The van der Waals surface area contributed by atoms with Gasteiger partial charge < -0.3 is 9.64 Å². The second-order valence-corrected chi connectivity index (χ2v) is 19.1. The van der Waals surface area contributed by atoms with Gasteiger partial charge in [-0.15, -0.1) is 6.58 Å². The van der Waals surface area contributed by atoms with Gasteiger partial charge in [-0.3, -0.25) is 28.8 Å². The summed E-state index contributed by atoms with van der Waals surface area (Å²) >= 11 is 1.64. The largest absolute Gasteiger partial charge is 0.444 e.